The Kier molecular flexibility index (Phi) is 4.28. The van der Waals surface area contributed by atoms with Crippen LogP contribution in [0, 0.1) is 0 Å². The second kappa shape index (κ2) is 6.35. The first-order valence-corrected chi connectivity index (χ1v) is 8.04. The van der Waals surface area contributed by atoms with E-state index in [9.17, 15) is 14.4 Å². The molecule has 116 valence electrons. The first-order valence-electron chi connectivity index (χ1n) is 7.05. The maximum atomic E-state index is 12.2. The molecule has 3 heterocycles. The van der Waals surface area contributed by atoms with Crippen LogP contribution in [0.2, 0.25) is 0 Å². The van der Waals surface area contributed by atoms with Crippen molar-refractivity contribution in [3.63, 3.8) is 0 Å². The first-order chi connectivity index (χ1) is 10.6. The maximum Gasteiger partial charge on any atom is 0.324 e. The number of carbonyl (C=O) groups excluding carboxylic acids is 3. The molecule has 2 fully saturated rings. The van der Waals surface area contributed by atoms with Crippen molar-refractivity contribution < 1.29 is 14.4 Å². The average Bonchev–Trinajstić information content (AvgIpc) is 3.13. The summed E-state index contributed by atoms with van der Waals surface area (Å²) in [6, 6.07) is 3.16. The summed E-state index contributed by atoms with van der Waals surface area (Å²) in [4.78, 5) is 43.5. The van der Waals surface area contributed by atoms with Crippen LogP contribution in [-0.4, -0.2) is 64.1 Å². The number of rotatable bonds is 4. The van der Waals surface area contributed by atoms with Crippen LogP contribution in [0.4, 0.5) is 4.79 Å². The van der Waals surface area contributed by atoms with Gasteiger partial charge in [-0.1, -0.05) is 0 Å². The van der Waals surface area contributed by atoms with Gasteiger partial charge in [-0.3, -0.25) is 19.5 Å². The van der Waals surface area contributed by atoms with Gasteiger partial charge in [0.1, 0.15) is 0 Å². The highest BCUT2D eigenvalue weighted by Gasteiger charge is 2.39. The van der Waals surface area contributed by atoms with Gasteiger partial charge < -0.3 is 10.2 Å². The molecule has 2 saturated heterocycles. The fourth-order valence-electron chi connectivity index (χ4n) is 2.65. The van der Waals surface area contributed by atoms with Crippen LogP contribution in [-0.2, 0) is 9.59 Å². The van der Waals surface area contributed by atoms with Gasteiger partial charge in [0, 0.05) is 30.4 Å². The van der Waals surface area contributed by atoms with Gasteiger partial charge in [-0.2, -0.15) is 0 Å². The summed E-state index contributed by atoms with van der Waals surface area (Å²) < 4.78 is 0. The molecule has 8 heteroatoms. The van der Waals surface area contributed by atoms with E-state index in [4.69, 9.17) is 0 Å². The number of pyridine rings is 1. The van der Waals surface area contributed by atoms with Gasteiger partial charge in [0.15, 0.2) is 0 Å². The number of hydrogen-bond acceptors (Lipinski definition) is 5. The molecular weight excluding hydrogens is 304 g/mol. The van der Waals surface area contributed by atoms with Gasteiger partial charge in [-0.15, -0.1) is 11.8 Å². The highest BCUT2D eigenvalue weighted by atomic mass is 32.2. The lowest BCUT2D eigenvalue weighted by molar-refractivity contribution is -0.129. The quantitative estimate of drug-likeness (QED) is 0.638. The van der Waals surface area contributed by atoms with Gasteiger partial charge in [0.2, 0.25) is 11.8 Å². The molecule has 1 atom stereocenters. The molecule has 1 aromatic heterocycles. The van der Waals surface area contributed by atoms with Gasteiger partial charge in [-0.05, 0) is 18.6 Å². The van der Waals surface area contributed by atoms with Crippen LogP contribution in [0.15, 0.2) is 29.4 Å². The Morgan fingerprint density at radius 2 is 2.14 bits per heavy atom. The Balaban J connectivity index is 1.53. The minimum Gasteiger partial charge on any atom is -0.340 e. The number of carbonyl (C=O) groups is 3. The summed E-state index contributed by atoms with van der Waals surface area (Å²) in [6.45, 7) is 1.06. The third-order valence-electron chi connectivity index (χ3n) is 3.77. The van der Waals surface area contributed by atoms with E-state index in [-0.39, 0.29) is 30.4 Å². The zero-order valence-corrected chi connectivity index (χ0v) is 12.7. The SMILES string of the molecule is O=C(CSc1ccncc1)N1CCC(N2C(=O)CNC2=O)C1. The minimum absolute atomic E-state index is 0.0244. The van der Waals surface area contributed by atoms with Crippen LogP contribution in [0.1, 0.15) is 6.42 Å². The molecule has 22 heavy (non-hydrogen) atoms. The number of nitrogens with zero attached hydrogens (tertiary/aromatic N) is 3. The van der Waals surface area contributed by atoms with Gasteiger partial charge in [0.25, 0.3) is 0 Å². The van der Waals surface area contributed by atoms with Crippen LogP contribution in [0.3, 0.4) is 0 Å². The number of aromatic nitrogens is 1. The fraction of sp³-hybridized carbons (Fsp3) is 0.429. The second-order valence-corrected chi connectivity index (χ2v) is 6.23. The molecule has 1 unspecified atom stereocenters. The van der Waals surface area contributed by atoms with E-state index in [1.54, 1.807) is 17.3 Å². The summed E-state index contributed by atoms with van der Waals surface area (Å²) in [5.41, 5.74) is 0. The molecule has 0 bridgehead atoms. The number of amides is 4. The van der Waals surface area contributed by atoms with E-state index in [0.717, 1.165) is 4.90 Å². The molecule has 4 amide bonds. The average molecular weight is 320 g/mol. The zero-order chi connectivity index (χ0) is 15.5. The van der Waals surface area contributed by atoms with E-state index in [1.807, 2.05) is 12.1 Å². The lowest BCUT2D eigenvalue weighted by atomic mass is 10.2. The molecule has 2 aliphatic heterocycles. The van der Waals surface area contributed by atoms with Crippen molar-refractivity contribution in [1.82, 2.24) is 20.1 Å². The fourth-order valence-corrected chi connectivity index (χ4v) is 3.44. The molecule has 1 aromatic rings. The van der Waals surface area contributed by atoms with Crippen LogP contribution in [0.25, 0.3) is 0 Å². The second-order valence-electron chi connectivity index (χ2n) is 5.18. The Morgan fingerprint density at radius 1 is 1.36 bits per heavy atom. The Morgan fingerprint density at radius 3 is 2.82 bits per heavy atom. The number of thioether (sulfide) groups is 1. The van der Waals surface area contributed by atoms with Crippen molar-refractivity contribution >= 4 is 29.6 Å². The lowest BCUT2D eigenvalue weighted by Gasteiger charge is -2.21. The van der Waals surface area contributed by atoms with E-state index >= 15 is 0 Å². The summed E-state index contributed by atoms with van der Waals surface area (Å²) in [5, 5.41) is 2.51. The van der Waals surface area contributed by atoms with Crippen molar-refractivity contribution in [1.29, 1.82) is 0 Å². The smallest absolute Gasteiger partial charge is 0.324 e. The number of imide groups is 1. The van der Waals surface area contributed by atoms with E-state index in [2.05, 4.69) is 10.3 Å². The summed E-state index contributed by atoms with van der Waals surface area (Å²) in [6.07, 6.45) is 4.03. The zero-order valence-electron chi connectivity index (χ0n) is 11.9. The summed E-state index contributed by atoms with van der Waals surface area (Å²) >= 11 is 1.46. The normalized spacial score (nSPS) is 21.4. The molecule has 0 radical (unpaired) electrons. The topological polar surface area (TPSA) is 82.6 Å². The molecular formula is C14H16N4O3S. The third kappa shape index (κ3) is 3.06. The van der Waals surface area contributed by atoms with Gasteiger partial charge in [0.05, 0.1) is 18.3 Å². The Bertz CT molecular complexity index is 579. The van der Waals surface area contributed by atoms with Crippen molar-refractivity contribution in [2.45, 2.75) is 17.4 Å². The van der Waals surface area contributed by atoms with Crippen LogP contribution >= 0.6 is 11.8 Å². The van der Waals surface area contributed by atoms with E-state index in [1.165, 1.54) is 16.7 Å². The molecule has 0 spiro atoms. The van der Waals surface area contributed by atoms with Gasteiger partial charge in [-0.25, -0.2) is 4.79 Å². The van der Waals surface area contributed by atoms with Crippen LogP contribution in [0.5, 0.6) is 0 Å². The molecule has 1 N–H and O–H groups in total. The number of hydrogen-bond donors (Lipinski definition) is 1. The number of nitrogens with one attached hydrogen (secondary N) is 1. The molecule has 3 rings (SSSR count). The largest absolute Gasteiger partial charge is 0.340 e. The van der Waals surface area contributed by atoms with Crippen molar-refractivity contribution in [3.05, 3.63) is 24.5 Å². The molecule has 7 nitrogen and oxygen atoms in total. The number of likely N-dealkylation sites (tertiary alicyclic amines) is 1. The standard InChI is InChI=1S/C14H16N4O3S/c19-12-7-16-14(21)18(12)10-3-6-17(8-10)13(20)9-22-11-1-4-15-5-2-11/h1-2,4-5,10H,3,6-9H2,(H,16,21). The van der Waals surface area contributed by atoms with E-state index < -0.39 is 0 Å². The van der Waals surface area contributed by atoms with Crippen LogP contribution < -0.4 is 5.32 Å². The van der Waals surface area contributed by atoms with Crippen molar-refractivity contribution in [3.8, 4) is 0 Å². The first kappa shape index (κ1) is 14.8. The molecule has 0 aromatic carbocycles. The molecule has 0 saturated carbocycles. The number of urea groups is 1. The summed E-state index contributed by atoms with van der Waals surface area (Å²) in [7, 11) is 0. The van der Waals surface area contributed by atoms with Gasteiger partial charge >= 0.3 is 6.03 Å². The Hall–Kier alpha value is -2.09. The lowest BCUT2D eigenvalue weighted by Crippen LogP contribution is -2.43. The molecule has 2 aliphatic rings. The van der Waals surface area contributed by atoms with Crippen molar-refractivity contribution in [2.75, 3.05) is 25.4 Å². The van der Waals surface area contributed by atoms with E-state index in [0.29, 0.717) is 25.3 Å². The minimum atomic E-state index is -0.351. The predicted molar refractivity (Wildman–Crippen MR) is 80.2 cm³/mol. The Labute approximate surface area is 132 Å². The highest BCUT2D eigenvalue weighted by molar-refractivity contribution is 8.00. The molecule has 0 aliphatic carbocycles. The predicted octanol–water partition coefficient (Wildman–Crippen LogP) is 0.326. The maximum absolute atomic E-state index is 12.2. The monoisotopic (exact) mass is 320 g/mol. The summed E-state index contributed by atoms with van der Waals surface area (Å²) in [5.74, 6) is 0.156. The third-order valence-corrected chi connectivity index (χ3v) is 4.77. The van der Waals surface area contributed by atoms with Crippen molar-refractivity contribution in [2.24, 2.45) is 0 Å². The highest BCUT2D eigenvalue weighted by Crippen LogP contribution is 2.21.